The Morgan fingerprint density at radius 2 is 1.79 bits per heavy atom. The first kappa shape index (κ1) is 17.8. The van der Waals surface area contributed by atoms with E-state index in [0.29, 0.717) is 30.4 Å². The van der Waals surface area contributed by atoms with Crippen LogP contribution in [0, 0.1) is 11.7 Å². The monoisotopic (exact) mass is 385 g/mol. The Labute approximate surface area is 159 Å². The SMILES string of the molecule is O=C(Nc1ccc2c(c1)OCCO2)C1CNC(=O)N(c2ccc(F)cc2)C1=O. The van der Waals surface area contributed by atoms with E-state index in [9.17, 15) is 18.8 Å². The fraction of sp³-hybridized carbons (Fsp3) is 0.211. The molecule has 2 aliphatic heterocycles. The van der Waals surface area contributed by atoms with E-state index in [4.69, 9.17) is 9.47 Å². The van der Waals surface area contributed by atoms with E-state index in [2.05, 4.69) is 10.6 Å². The average Bonchev–Trinajstić information content (AvgIpc) is 2.69. The van der Waals surface area contributed by atoms with Gasteiger partial charge in [0.1, 0.15) is 24.9 Å². The van der Waals surface area contributed by atoms with Crippen LogP contribution in [0.3, 0.4) is 0 Å². The van der Waals surface area contributed by atoms with Crippen molar-refractivity contribution in [2.45, 2.75) is 0 Å². The molecule has 2 aromatic carbocycles. The van der Waals surface area contributed by atoms with E-state index >= 15 is 0 Å². The maximum Gasteiger partial charge on any atom is 0.328 e. The first-order valence-electron chi connectivity index (χ1n) is 8.61. The lowest BCUT2D eigenvalue weighted by Gasteiger charge is -2.30. The molecule has 144 valence electrons. The number of nitrogens with one attached hydrogen (secondary N) is 2. The molecule has 2 N–H and O–H groups in total. The summed E-state index contributed by atoms with van der Waals surface area (Å²) in [6.07, 6.45) is 0. The van der Waals surface area contributed by atoms with Crippen LogP contribution in [0.5, 0.6) is 11.5 Å². The number of anilines is 2. The summed E-state index contributed by atoms with van der Waals surface area (Å²) in [5, 5.41) is 5.16. The van der Waals surface area contributed by atoms with Gasteiger partial charge in [-0.3, -0.25) is 9.59 Å². The molecule has 1 atom stereocenters. The second kappa shape index (κ2) is 7.18. The molecule has 0 bridgehead atoms. The number of hydrogen-bond acceptors (Lipinski definition) is 5. The van der Waals surface area contributed by atoms with Crippen LogP contribution in [0.4, 0.5) is 20.6 Å². The lowest BCUT2D eigenvalue weighted by molar-refractivity contribution is -0.130. The fourth-order valence-corrected chi connectivity index (χ4v) is 3.00. The minimum Gasteiger partial charge on any atom is -0.486 e. The highest BCUT2D eigenvalue weighted by atomic mass is 19.1. The zero-order valence-electron chi connectivity index (χ0n) is 14.6. The van der Waals surface area contributed by atoms with Crippen molar-refractivity contribution in [1.29, 1.82) is 0 Å². The van der Waals surface area contributed by atoms with Crippen molar-refractivity contribution in [2.75, 3.05) is 30.0 Å². The van der Waals surface area contributed by atoms with Crippen LogP contribution in [0.1, 0.15) is 0 Å². The first-order valence-corrected chi connectivity index (χ1v) is 8.61. The Morgan fingerprint density at radius 3 is 2.54 bits per heavy atom. The van der Waals surface area contributed by atoms with Gasteiger partial charge in [-0.2, -0.15) is 0 Å². The van der Waals surface area contributed by atoms with Crippen molar-refractivity contribution < 1.29 is 28.2 Å². The Bertz CT molecular complexity index is 947. The van der Waals surface area contributed by atoms with E-state index in [1.165, 1.54) is 12.1 Å². The zero-order chi connectivity index (χ0) is 19.7. The third-order valence-electron chi connectivity index (χ3n) is 4.39. The van der Waals surface area contributed by atoms with Crippen molar-refractivity contribution in [3.63, 3.8) is 0 Å². The van der Waals surface area contributed by atoms with Gasteiger partial charge < -0.3 is 20.1 Å². The molecule has 1 saturated heterocycles. The molecular weight excluding hydrogens is 369 g/mol. The van der Waals surface area contributed by atoms with Crippen molar-refractivity contribution >= 4 is 29.2 Å². The Kier molecular flexibility index (Phi) is 4.56. The van der Waals surface area contributed by atoms with Gasteiger partial charge in [-0.25, -0.2) is 14.1 Å². The molecule has 0 radical (unpaired) electrons. The summed E-state index contributed by atoms with van der Waals surface area (Å²) < 4.78 is 24.0. The van der Waals surface area contributed by atoms with Gasteiger partial charge in [-0.15, -0.1) is 0 Å². The number of carbonyl (C=O) groups is 3. The summed E-state index contributed by atoms with van der Waals surface area (Å²) in [6.45, 7) is 0.726. The van der Waals surface area contributed by atoms with Crippen LogP contribution >= 0.6 is 0 Å². The number of amides is 4. The van der Waals surface area contributed by atoms with E-state index in [-0.39, 0.29) is 12.2 Å². The number of benzene rings is 2. The van der Waals surface area contributed by atoms with Crippen LogP contribution in [-0.2, 0) is 9.59 Å². The highest BCUT2D eigenvalue weighted by Crippen LogP contribution is 2.33. The van der Waals surface area contributed by atoms with E-state index in [1.807, 2.05) is 0 Å². The van der Waals surface area contributed by atoms with Gasteiger partial charge >= 0.3 is 6.03 Å². The van der Waals surface area contributed by atoms with Gasteiger partial charge in [0.25, 0.3) is 0 Å². The van der Waals surface area contributed by atoms with Gasteiger partial charge in [-0.1, -0.05) is 0 Å². The third kappa shape index (κ3) is 3.34. The van der Waals surface area contributed by atoms with Gasteiger partial charge in [-0.05, 0) is 36.4 Å². The number of hydrogen-bond donors (Lipinski definition) is 2. The molecule has 4 amide bonds. The molecule has 0 aromatic heterocycles. The van der Waals surface area contributed by atoms with E-state index < -0.39 is 29.6 Å². The van der Waals surface area contributed by atoms with Crippen LogP contribution in [0.2, 0.25) is 0 Å². The number of imide groups is 1. The minimum atomic E-state index is -1.13. The Morgan fingerprint density at radius 1 is 1.07 bits per heavy atom. The number of rotatable bonds is 3. The third-order valence-corrected chi connectivity index (χ3v) is 4.39. The number of nitrogens with zero attached hydrogens (tertiary/aromatic N) is 1. The second-order valence-electron chi connectivity index (χ2n) is 6.24. The smallest absolute Gasteiger partial charge is 0.328 e. The number of carbonyl (C=O) groups excluding carboxylic acids is 3. The lowest BCUT2D eigenvalue weighted by atomic mass is 10.0. The van der Waals surface area contributed by atoms with E-state index in [0.717, 1.165) is 17.0 Å². The molecule has 2 aromatic rings. The van der Waals surface area contributed by atoms with Gasteiger partial charge in [0.15, 0.2) is 11.5 Å². The maximum atomic E-state index is 13.1. The number of urea groups is 1. The quantitative estimate of drug-likeness (QED) is 0.787. The van der Waals surface area contributed by atoms with Crippen LogP contribution < -0.4 is 25.0 Å². The first-order chi connectivity index (χ1) is 13.5. The highest BCUT2D eigenvalue weighted by Gasteiger charge is 2.39. The van der Waals surface area contributed by atoms with Gasteiger partial charge in [0, 0.05) is 18.3 Å². The predicted octanol–water partition coefficient (Wildman–Crippen LogP) is 1.91. The molecule has 9 heteroatoms. The molecule has 0 aliphatic carbocycles. The molecule has 0 spiro atoms. The molecule has 1 unspecified atom stereocenters. The van der Waals surface area contributed by atoms with Crippen molar-refractivity contribution in [3.05, 3.63) is 48.3 Å². The van der Waals surface area contributed by atoms with Crippen LogP contribution in [0.25, 0.3) is 0 Å². The highest BCUT2D eigenvalue weighted by molar-refractivity contribution is 6.23. The van der Waals surface area contributed by atoms with Gasteiger partial charge in [0.2, 0.25) is 11.8 Å². The lowest BCUT2D eigenvalue weighted by Crippen LogP contribution is -2.58. The molecule has 2 aliphatic rings. The summed E-state index contributed by atoms with van der Waals surface area (Å²) in [6, 6.07) is 9.11. The molecule has 8 nitrogen and oxygen atoms in total. The summed E-state index contributed by atoms with van der Waals surface area (Å²) in [5.74, 6) is -1.82. The summed E-state index contributed by atoms with van der Waals surface area (Å²) in [7, 11) is 0. The fourth-order valence-electron chi connectivity index (χ4n) is 3.00. The van der Waals surface area contributed by atoms with Crippen molar-refractivity contribution in [3.8, 4) is 11.5 Å². The summed E-state index contributed by atoms with van der Waals surface area (Å²) in [4.78, 5) is 38.3. The van der Waals surface area contributed by atoms with Gasteiger partial charge in [0.05, 0.1) is 5.69 Å². The molecule has 2 heterocycles. The van der Waals surface area contributed by atoms with Crippen molar-refractivity contribution in [1.82, 2.24) is 5.32 Å². The number of ether oxygens (including phenoxy) is 2. The van der Waals surface area contributed by atoms with Crippen molar-refractivity contribution in [2.24, 2.45) is 5.92 Å². The molecule has 4 rings (SSSR count). The van der Waals surface area contributed by atoms with E-state index in [1.54, 1.807) is 18.2 Å². The normalized spacial score (nSPS) is 18.5. The summed E-state index contributed by atoms with van der Waals surface area (Å²) in [5.41, 5.74) is 0.619. The summed E-state index contributed by atoms with van der Waals surface area (Å²) >= 11 is 0. The standard InChI is InChI=1S/C19H16FN3O5/c20-11-1-4-13(5-2-11)23-18(25)14(10-21-19(23)26)17(24)22-12-3-6-15-16(9-12)28-8-7-27-15/h1-6,9,14H,7-8,10H2,(H,21,26)(H,22,24). The Hall–Kier alpha value is -3.62. The topological polar surface area (TPSA) is 97.0 Å². The molecular formula is C19H16FN3O5. The molecule has 1 fully saturated rings. The largest absolute Gasteiger partial charge is 0.486 e. The predicted molar refractivity (Wildman–Crippen MR) is 96.8 cm³/mol. The Balaban J connectivity index is 1.51. The molecule has 28 heavy (non-hydrogen) atoms. The maximum absolute atomic E-state index is 13.1. The molecule has 0 saturated carbocycles. The average molecular weight is 385 g/mol. The second-order valence-corrected chi connectivity index (χ2v) is 6.24. The number of halogens is 1. The number of fused-ring (bicyclic) bond motifs is 1. The zero-order valence-corrected chi connectivity index (χ0v) is 14.6. The van der Waals surface area contributed by atoms with Crippen LogP contribution in [-0.4, -0.2) is 37.6 Å². The minimum absolute atomic E-state index is 0.133. The van der Waals surface area contributed by atoms with Crippen LogP contribution in [0.15, 0.2) is 42.5 Å².